The van der Waals surface area contributed by atoms with E-state index in [0.29, 0.717) is 60.9 Å². The summed E-state index contributed by atoms with van der Waals surface area (Å²) in [6.45, 7) is 4.13. The fourth-order valence-corrected chi connectivity index (χ4v) is 7.27. The largest absolute Gasteiger partial charge is 0.508 e. The van der Waals surface area contributed by atoms with Crippen molar-refractivity contribution in [2.24, 2.45) is 0 Å². The van der Waals surface area contributed by atoms with Crippen LogP contribution in [-0.4, -0.2) is 75.2 Å². The smallest absolute Gasteiger partial charge is 0.319 e. The second-order valence-corrected chi connectivity index (χ2v) is 12.7. The second-order valence-electron chi connectivity index (χ2n) is 12.7. The van der Waals surface area contributed by atoms with Gasteiger partial charge in [0.2, 0.25) is 0 Å². The fraction of sp³-hybridized carbons (Fsp3) is 0.412. The first-order valence-electron chi connectivity index (χ1n) is 15.0. The molecule has 3 fully saturated rings. The number of aromatic nitrogens is 2. The van der Waals surface area contributed by atoms with Crippen LogP contribution >= 0.6 is 0 Å². The van der Waals surface area contributed by atoms with E-state index in [-0.39, 0.29) is 40.6 Å². The normalized spacial score (nSPS) is 23.3. The molecule has 4 aromatic rings. The van der Waals surface area contributed by atoms with Gasteiger partial charge in [0.05, 0.1) is 16.7 Å². The van der Waals surface area contributed by atoms with Crippen molar-refractivity contribution >= 4 is 27.5 Å². The van der Waals surface area contributed by atoms with Gasteiger partial charge in [-0.2, -0.15) is 9.97 Å². The second kappa shape index (κ2) is 10.5. The number of halogens is 3. The molecule has 3 saturated heterocycles. The number of piperidine rings is 1. The number of hydrogen-bond acceptors (Lipinski definition) is 7. The predicted molar refractivity (Wildman–Crippen MR) is 163 cm³/mol. The maximum absolute atomic E-state index is 16.7. The summed E-state index contributed by atoms with van der Waals surface area (Å²) >= 11 is 0. The zero-order chi connectivity index (χ0) is 30.8. The van der Waals surface area contributed by atoms with E-state index in [1.165, 1.54) is 24.3 Å². The highest BCUT2D eigenvalue weighted by atomic mass is 19.1. The van der Waals surface area contributed by atoms with Crippen LogP contribution in [0.2, 0.25) is 0 Å². The lowest BCUT2D eigenvalue weighted by molar-refractivity contribution is 0.0350. The van der Waals surface area contributed by atoms with E-state index < -0.39 is 28.9 Å². The zero-order valence-electron chi connectivity index (χ0n) is 24.4. The number of rotatable bonds is 5. The molecule has 3 aliphatic rings. The fourth-order valence-electron chi connectivity index (χ4n) is 7.27. The van der Waals surface area contributed by atoms with Crippen molar-refractivity contribution in [1.82, 2.24) is 14.9 Å². The Kier molecular flexibility index (Phi) is 6.87. The molecule has 228 valence electrons. The Hall–Kier alpha value is -4.07. The molecule has 1 aromatic heterocycles. The number of hydrogen-bond donors (Lipinski definition) is 2. The van der Waals surface area contributed by atoms with Crippen molar-refractivity contribution in [3.8, 4) is 35.2 Å². The number of nitrogens with zero attached hydrogens (tertiary/aromatic N) is 4. The highest BCUT2D eigenvalue weighted by molar-refractivity contribution is 6.04. The molecule has 0 spiro atoms. The van der Waals surface area contributed by atoms with Crippen molar-refractivity contribution in [1.29, 1.82) is 0 Å². The molecule has 0 aliphatic carbocycles. The van der Waals surface area contributed by atoms with Crippen LogP contribution in [0.5, 0.6) is 11.8 Å². The van der Waals surface area contributed by atoms with E-state index in [1.54, 1.807) is 19.1 Å². The zero-order valence-corrected chi connectivity index (χ0v) is 24.4. The lowest BCUT2D eigenvalue weighted by Gasteiger charge is -2.37. The summed E-state index contributed by atoms with van der Waals surface area (Å²) in [4.78, 5) is 13.4. The first-order valence-corrected chi connectivity index (χ1v) is 15.0. The highest BCUT2D eigenvalue weighted by Gasteiger charge is 2.49. The molecule has 0 radical (unpaired) electrons. The number of alkyl halides is 1. The summed E-state index contributed by atoms with van der Waals surface area (Å²) in [6.07, 6.45) is 7.85. The molecule has 0 bridgehead atoms. The number of aromatic hydroxyl groups is 1. The third-order valence-corrected chi connectivity index (χ3v) is 9.62. The minimum Gasteiger partial charge on any atom is -0.508 e. The lowest BCUT2D eigenvalue weighted by Crippen LogP contribution is -2.44. The van der Waals surface area contributed by atoms with Crippen LogP contribution in [-0.2, 0) is 0 Å². The van der Waals surface area contributed by atoms with Gasteiger partial charge in [-0.1, -0.05) is 18.1 Å². The van der Waals surface area contributed by atoms with Crippen molar-refractivity contribution in [2.45, 2.75) is 56.3 Å². The van der Waals surface area contributed by atoms with Crippen LogP contribution in [0.15, 0.2) is 36.4 Å². The summed E-state index contributed by atoms with van der Waals surface area (Å²) in [7, 11) is 0. The Morgan fingerprint density at radius 2 is 1.86 bits per heavy atom. The van der Waals surface area contributed by atoms with Gasteiger partial charge in [0.1, 0.15) is 35.7 Å². The molecule has 0 saturated carbocycles. The maximum atomic E-state index is 16.7. The summed E-state index contributed by atoms with van der Waals surface area (Å²) < 4.78 is 52.1. The summed E-state index contributed by atoms with van der Waals surface area (Å²) in [5.41, 5.74) is -0.997. The SMILES string of the molecule is C#Cc1c(F)ccc2cc(O)cc(-c3ccc4c(N5CCC(C)(O)CC5)nc(OC[C@@]56CCCN5C[C@H](F)C6)nc4c3F)c12. The van der Waals surface area contributed by atoms with Crippen LogP contribution in [0.3, 0.4) is 0 Å². The minimum atomic E-state index is -0.928. The molecular weight excluding hydrogens is 569 g/mol. The molecule has 44 heavy (non-hydrogen) atoms. The van der Waals surface area contributed by atoms with E-state index >= 15 is 4.39 Å². The molecule has 0 unspecified atom stereocenters. The molecule has 2 N–H and O–H groups in total. The first-order chi connectivity index (χ1) is 21.1. The molecule has 3 aromatic carbocycles. The number of phenols is 1. The number of aliphatic hydroxyl groups is 1. The lowest BCUT2D eigenvalue weighted by atomic mass is 9.92. The quantitative estimate of drug-likeness (QED) is 0.283. The predicted octanol–water partition coefficient (Wildman–Crippen LogP) is 5.72. The monoisotopic (exact) mass is 602 g/mol. The Morgan fingerprint density at radius 1 is 1.07 bits per heavy atom. The van der Waals surface area contributed by atoms with E-state index in [1.807, 2.05) is 4.90 Å². The van der Waals surface area contributed by atoms with Crippen molar-refractivity contribution in [3.05, 3.63) is 53.6 Å². The van der Waals surface area contributed by atoms with Crippen molar-refractivity contribution < 1.29 is 28.1 Å². The Morgan fingerprint density at radius 3 is 2.64 bits per heavy atom. The molecule has 0 amide bonds. The number of terminal acetylenes is 1. The van der Waals surface area contributed by atoms with Gasteiger partial charge in [-0.25, -0.2) is 13.2 Å². The minimum absolute atomic E-state index is 0.00875. The van der Waals surface area contributed by atoms with Gasteiger partial charge < -0.3 is 19.8 Å². The number of anilines is 1. The Labute approximate surface area is 253 Å². The number of fused-ring (bicyclic) bond motifs is 3. The Balaban J connectivity index is 1.37. The number of phenolic OH excluding ortho intramolecular Hbond substituents is 1. The Bertz CT molecular complexity index is 1830. The van der Waals surface area contributed by atoms with E-state index in [4.69, 9.17) is 16.1 Å². The molecule has 4 heterocycles. The maximum Gasteiger partial charge on any atom is 0.319 e. The van der Waals surface area contributed by atoms with E-state index in [2.05, 4.69) is 15.8 Å². The third-order valence-electron chi connectivity index (χ3n) is 9.62. The average Bonchev–Trinajstić information content (AvgIpc) is 3.51. The van der Waals surface area contributed by atoms with E-state index in [0.717, 1.165) is 19.4 Å². The van der Waals surface area contributed by atoms with Gasteiger partial charge in [-0.05, 0) is 74.4 Å². The van der Waals surface area contributed by atoms with Crippen LogP contribution < -0.4 is 9.64 Å². The van der Waals surface area contributed by atoms with Gasteiger partial charge in [0.15, 0.2) is 5.82 Å². The molecule has 3 aliphatic heterocycles. The summed E-state index contributed by atoms with van der Waals surface area (Å²) in [5.74, 6) is 1.38. The summed E-state index contributed by atoms with van der Waals surface area (Å²) in [6, 6.07) is 8.75. The van der Waals surface area contributed by atoms with Gasteiger partial charge in [0.25, 0.3) is 0 Å². The van der Waals surface area contributed by atoms with Crippen molar-refractivity contribution in [3.63, 3.8) is 0 Å². The van der Waals surface area contributed by atoms with Crippen molar-refractivity contribution in [2.75, 3.05) is 37.7 Å². The number of ether oxygens (including phenoxy) is 1. The van der Waals surface area contributed by atoms with Gasteiger partial charge >= 0.3 is 6.01 Å². The third kappa shape index (κ3) is 4.79. The van der Waals surface area contributed by atoms with Crippen LogP contribution in [0.1, 0.15) is 44.6 Å². The average molecular weight is 603 g/mol. The van der Waals surface area contributed by atoms with Gasteiger partial charge in [-0.15, -0.1) is 6.42 Å². The number of benzene rings is 3. The topological polar surface area (TPSA) is 82.0 Å². The molecule has 10 heteroatoms. The van der Waals surface area contributed by atoms with E-state index in [9.17, 15) is 19.0 Å². The molecular formula is C34H33F3N4O3. The molecule has 2 atom stereocenters. The highest BCUT2D eigenvalue weighted by Crippen LogP contribution is 2.42. The van der Waals surface area contributed by atoms with Gasteiger partial charge in [-0.3, -0.25) is 4.90 Å². The van der Waals surface area contributed by atoms with Crippen LogP contribution in [0.25, 0.3) is 32.8 Å². The first kappa shape index (κ1) is 28.7. The summed E-state index contributed by atoms with van der Waals surface area (Å²) in [5, 5.41) is 22.3. The van der Waals surface area contributed by atoms with Crippen LogP contribution in [0, 0.1) is 24.0 Å². The van der Waals surface area contributed by atoms with Gasteiger partial charge in [0, 0.05) is 42.4 Å². The molecule has 7 rings (SSSR count). The molecule has 7 nitrogen and oxygen atoms in total. The van der Waals surface area contributed by atoms with Crippen LogP contribution in [0.4, 0.5) is 19.0 Å². The standard InChI is InChI=1S/C34H33F3N4O3/c1-3-23-27(36)8-5-20-15-22(42)16-26(28(20)23)24-6-7-25-30(29(24)37)38-32(39-31(25)40-13-10-33(2,43)11-14-40)44-19-34-9-4-12-41(34)18-21(35)17-34/h1,5-8,15-16,21,42-43H,4,9-14,17-19H2,2H3/t21-,34+/m1/s1.